The van der Waals surface area contributed by atoms with Gasteiger partial charge in [0.05, 0.1) is 0 Å². The summed E-state index contributed by atoms with van der Waals surface area (Å²) in [5.74, 6) is 0.120. The summed E-state index contributed by atoms with van der Waals surface area (Å²) in [6.07, 6.45) is 0.461. The molecule has 4 rings (SSSR count). The molecule has 2 nitrogen and oxygen atoms in total. The number of amides is 1. The molecule has 0 radical (unpaired) electrons. The van der Waals surface area contributed by atoms with E-state index in [1.165, 1.54) is 16.3 Å². The van der Waals surface area contributed by atoms with Gasteiger partial charge >= 0.3 is 0 Å². The zero-order valence-electron chi connectivity index (χ0n) is 11.8. The summed E-state index contributed by atoms with van der Waals surface area (Å²) < 4.78 is 0. The number of carbonyl (C=O) groups excluding carboxylic acids is 1. The van der Waals surface area contributed by atoms with Crippen LogP contribution in [0.4, 0.5) is 5.69 Å². The zero-order chi connectivity index (χ0) is 15.1. The van der Waals surface area contributed by atoms with Crippen LogP contribution in [0.5, 0.6) is 0 Å². The van der Waals surface area contributed by atoms with Gasteiger partial charge in [-0.05, 0) is 40.1 Å². The summed E-state index contributed by atoms with van der Waals surface area (Å²) in [6.45, 7) is 0. The van der Waals surface area contributed by atoms with Gasteiger partial charge in [-0.3, -0.25) is 4.79 Å². The van der Waals surface area contributed by atoms with E-state index in [0.717, 1.165) is 11.3 Å². The van der Waals surface area contributed by atoms with Crippen LogP contribution in [0.2, 0.25) is 5.02 Å². The molecule has 0 unspecified atom stereocenters. The summed E-state index contributed by atoms with van der Waals surface area (Å²) >= 11 is 6.00. The number of anilines is 1. The van der Waals surface area contributed by atoms with Crippen molar-refractivity contribution in [2.45, 2.75) is 12.3 Å². The van der Waals surface area contributed by atoms with Crippen LogP contribution in [0, 0.1) is 0 Å². The molecule has 3 heteroatoms. The van der Waals surface area contributed by atoms with E-state index >= 15 is 0 Å². The van der Waals surface area contributed by atoms with Crippen molar-refractivity contribution in [3.05, 3.63) is 76.8 Å². The van der Waals surface area contributed by atoms with Crippen molar-refractivity contribution in [1.29, 1.82) is 0 Å². The Kier molecular flexibility index (Phi) is 3.12. The fourth-order valence-electron chi connectivity index (χ4n) is 3.25. The number of rotatable bonds is 1. The van der Waals surface area contributed by atoms with E-state index in [-0.39, 0.29) is 11.8 Å². The summed E-state index contributed by atoms with van der Waals surface area (Å²) in [6, 6.07) is 20.1. The lowest BCUT2D eigenvalue weighted by atomic mass is 9.82. The predicted molar refractivity (Wildman–Crippen MR) is 90.5 cm³/mol. The Balaban J connectivity index is 1.97. The van der Waals surface area contributed by atoms with Crippen molar-refractivity contribution in [2.24, 2.45) is 0 Å². The van der Waals surface area contributed by atoms with Gasteiger partial charge in [0.1, 0.15) is 0 Å². The Morgan fingerprint density at radius 2 is 1.73 bits per heavy atom. The smallest absolute Gasteiger partial charge is 0.225 e. The molecule has 0 spiro atoms. The summed E-state index contributed by atoms with van der Waals surface area (Å²) in [5, 5.41) is 6.09. The third-order valence-corrected chi connectivity index (χ3v) is 4.51. The Hall–Kier alpha value is -2.32. The van der Waals surface area contributed by atoms with Gasteiger partial charge in [0, 0.05) is 23.0 Å². The lowest BCUT2D eigenvalue weighted by Crippen LogP contribution is -2.23. The molecule has 1 aliphatic rings. The molecule has 0 saturated heterocycles. The average Bonchev–Trinajstić information content (AvgIpc) is 2.54. The maximum atomic E-state index is 12.1. The van der Waals surface area contributed by atoms with Gasteiger partial charge in [0.15, 0.2) is 0 Å². The number of hydrogen-bond acceptors (Lipinski definition) is 1. The maximum Gasteiger partial charge on any atom is 0.225 e. The lowest BCUT2D eigenvalue weighted by molar-refractivity contribution is -0.116. The largest absolute Gasteiger partial charge is 0.326 e. The average molecular weight is 308 g/mol. The number of carbonyl (C=O) groups is 1. The van der Waals surface area contributed by atoms with Crippen molar-refractivity contribution in [1.82, 2.24) is 0 Å². The Morgan fingerprint density at radius 1 is 0.955 bits per heavy atom. The van der Waals surface area contributed by atoms with E-state index in [2.05, 4.69) is 23.5 Å². The number of benzene rings is 3. The molecule has 0 fully saturated rings. The first kappa shape index (κ1) is 13.4. The minimum atomic E-state index is 0.0581. The Labute approximate surface area is 133 Å². The molecular formula is C19H14ClNO. The number of hydrogen-bond donors (Lipinski definition) is 1. The summed E-state index contributed by atoms with van der Waals surface area (Å²) in [7, 11) is 0. The standard InChI is InChI=1S/C19H14ClNO/c20-14-8-5-13(6-9-14)16-11-18(22)21-17-10-7-12-3-1-2-4-15(12)19(16)17/h1-10,16H,11H2,(H,21,22)/t16-/m1/s1. The van der Waals surface area contributed by atoms with Crippen LogP contribution in [0.1, 0.15) is 23.5 Å². The van der Waals surface area contributed by atoms with E-state index in [0.29, 0.717) is 11.4 Å². The van der Waals surface area contributed by atoms with Crippen molar-refractivity contribution in [3.8, 4) is 0 Å². The van der Waals surface area contributed by atoms with Gasteiger partial charge in [-0.1, -0.05) is 54.1 Å². The minimum absolute atomic E-state index is 0.0581. The molecule has 0 aliphatic carbocycles. The molecule has 3 aromatic carbocycles. The van der Waals surface area contributed by atoms with Crippen molar-refractivity contribution >= 4 is 34.0 Å². The topological polar surface area (TPSA) is 29.1 Å². The van der Waals surface area contributed by atoms with Crippen LogP contribution in [-0.4, -0.2) is 5.91 Å². The maximum absolute atomic E-state index is 12.1. The van der Waals surface area contributed by atoms with Crippen LogP contribution < -0.4 is 5.32 Å². The number of fused-ring (bicyclic) bond motifs is 3. The second-order valence-electron chi connectivity index (χ2n) is 5.60. The molecule has 1 N–H and O–H groups in total. The van der Waals surface area contributed by atoms with Gasteiger partial charge in [0.25, 0.3) is 0 Å². The number of halogens is 1. The predicted octanol–water partition coefficient (Wildman–Crippen LogP) is 4.97. The van der Waals surface area contributed by atoms with E-state index in [9.17, 15) is 4.79 Å². The van der Waals surface area contributed by atoms with E-state index in [1.807, 2.05) is 42.5 Å². The monoisotopic (exact) mass is 307 g/mol. The second kappa shape index (κ2) is 5.15. The van der Waals surface area contributed by atoms with Gasteiger partial charge in [-0.25, -0.2) is 0 Å². The SMILES string of the molecule is O=C1C[C@H](c2ccc(Cl)cc2)c2c(ccc3ccccc23)N1. The molecule has 1 heterocycles. The molecular weight excluding hydrogens is 294 g/mol. The molecule has 0 saturated carbocycles. The fourth-order valence-corrected chi connectivity index (χ4v) is 3.37. The van der Waals surface area contributed by atoms with Crippen molar-refractivity contribution in [3.63, 3.8) is 0 Å². The van der Waals surface area contributed by atoms with Crippen molar-refractivity contribution in [2.75, 3.05) is 5.32 Å². The zero-order valence-corrected chi connectivity index (χ0v) is 12.6. The first-order valence-corrected chi connectivity index (χ1v) is 7.67. The summed E-state index contributed by atoms with van der Waals surface area (Å²) in [4.78, 5) is 12.1. The van der Waals surface area contributed by atoms with Crippen molar-refractivity contribution < 1.29 is 4.79 Å². The third-order valence-electron chi connectivity index (χ3n) is 4.26. The van der Waals surface area contributed by atoms with Crippen LogP contribution in [0.15, 0.2) is 60.7 Å². The van der Waals surface area contributed by atoms with E-state index in [4.69, 9.17) is 11.6 Å². The Morgan fingerprint density at radius 3 is 2.55 bits per heavy atom. The van der Waals surface area contributed by atoms with E-state index in [1.54, 1.807) is 0 Å². The number of nitrogens with one attached hydrogen (secondary N) is 1. The van der Waals surface area contributed by atoms with Crippen LogP contribution >= 0.6 is 11.6 Å². The van der Waals surface area contributed by atoms with E-state index < -0.39 is 0 Å². The van der Waals surface area contributed by atoms with Gasteiger partial charge < -0.3 is 5.32 Å². The molecule has 0 bridgehead atoms. The molecule has 3 aromatic rings. The lowest BCUT2D eigenvalue weighted by Gasteiger charge is -2.27. The summed E-state index contributed by atoms with van der Waals surface area (Å²) in [5.41, 5.74) is 3.23. The first-order chi connectivity index (χ1) is 10.7. The van der Waals surface area contributed by atoms with Crippen LogP contribution in [-0.2, 0) is 4.79 Å². The second-order valence-corrected chi connectivity index (χ2v) is 6.04. The normalized spacial score (nSPS) is 17.1. The molecule has 0 aromatic heterocycles. The minimum Gasteiger partial charge on any atom is -0.326 e. The Bertz CT molecular complexity index is 870. The molecule has 22 heavy (non-hydrogen) atoms. The van der Waals surface area contributed by atoms with Crippen LogP contribution in [0.3, 0.4) is 0 Å². The van der Waals surface area contributed by atoms with Gasteiger partial charge in [-0.2, -0.15) is 0 Å². The quantitative estimate of drug-likeness (QED) is 0.676. The molecule has 1 aliphatic heterocycles. The van der Waals surface area contributed by atoms with Crippen LogP contribution in [0.25, 0.3) is 10.8 Å². The highest BCUT2D eigenvalue weighted by molar-refractivity contribution is 6.30. The van der Waals surface area contributed by atoms with Gasteiger partial charge in [-0.15, -0.1) is 0 Å². The fraction of sp³-hybridized carbons (Fsp3) is 0.105. The first-order valence-electron chi connectivity index (χ1n) is 7.29. The highest BCUT2D eigenvalue weighted by atomic mass is 35.5. The molecule has 108 valence electrons. The highest BCUT2D eigenvalue weighted by Gasteiger charge is 2.28. The molecule has 1 atom stereocenters. The third kappa shape index (κ3) is 2.16. The highest BCUT2D eigenvalue weighted by Crippen LogP contribution is 2.41. The molecule has 1 amide bonds. The van der Waals surface area contributed by atoms with Gasteiger partial charge in [0.2, 0.25) is 5.91 Å².